The first kappa shape index (κ1) is 6.75. The maximum atomic E-state index is 10.5. The summed E-state index contributed by atoms with van der Waals surface area (Å²) in [5.41, 5.74) is 0. The van der Waals surface area contributed by atoms with E-state index in [0.29, 0.717) is 17.9 Å². The molecule has 0 radical (unpaired) electrons. The Labute approximate surface area is 55.6 Å². The summed E-state index contributed by atoms with van der Waals surface area (Å²) in [5.74, 6) is 0.396. The minimum Gasteiger partial charge on any atom is -0.311 e. The van der Waals surface area contributed by atoms with Crippen molar-refractivity contribution >= 4 is 5.78 Å². The molecule has 0 aliphatic heterocycles. The average molecular weight is 127 g/mol. The van der Waals surface area contributed by atoms with Gasteiger partial charge in [0.2, 0.25) is 0 Å². The van der Waals surface area contributed by atoms with Crippen LogP contribution in [0.4, 0.5) is 0 Å². The topological polar surface area (TPSA) is 29.1 Å². The fraction of sp³-hybridized carbons (Fsp3) is 0.857. The zero-order chi connectivity index (χ0) is 6.85. The highest BCUT2D eigenvalue weighted by atomic mass is 16.1. The van der Waals surface area contributed by atoms with Crippen LogP contribution in [0, 0.1) is 0 Å². The summed E-state index contributed by atoms with van der Waals surface area (Å²) in [4.78, 5) is 10.5. The molecule has 1 saturated carbocycles. The van der Waals surface area contributed by atoms with Crippen LogP contribution in [0.3, 0.4) is 0 Å². The molecule has 2 nitrogen and oxygen atoms in total. The molecule has 1 rings (SSSR count). The molecule has 1 aliphatic rings. The zero-order valence-electron chi connectivity index (χ0n) is 5.98. The van der Waals surface area contributed by atoms with Gasteiger partial charge in [-0.15, -0.1) is 0 Å². The Morgan fingerprint density at radius 2 is 2.11 bits per heavy atom. The molecule has 0 aromatic rings. The molecule has 9 heavy (non-hydrogen) atoms. The van der Waals surface area contributed by atoms with Gasteiger partial charge in [0, 0.05) is 24.9 Å². The Hall–Kier alpha value is -0.370. The quantitative estimate of drug-likeness (QED) is 0.592. The molecule has 0 aromatic carbocycles. The van der Waals surface area contributed by atoms with Gasteiger partial charge in [0.1, 0.15) is 5.78 Å². The van der Waals surface area contributed by atoms with E-state index in [-0.39, 0.29) is 0 Å². The van der Waals surface area contributed by atoms with Gasteiger partial charge < -0.3 is 5.32 Å². The number of hydrogen-bond donors (Lipinski definition) is 1. The lowest BCUT2D eigenvalue weighted by molar-refractivity contribution is -0.125. The van der Waals surface area contributed by atoms with Crippen molar-refractivity contribution in [3.8, 4) is 0 Å². The maximum absolute atomic E-state index is 10.5. The molecule has 0 atom stereocenters. The van der Waals surface area contributed by atoms with E-state index >= 15 is 0 Å². The zero-order valence-corrected chi connectivity index (χ0v) is 5.98. The van der Waals surface area contributed by atoms with Crippen molar-refractivity contribution in [2.75, 3.05) is 0 Å². The monoisotopic (exact) mass is 127 g/mol. The Morgan fingerprint density at radius 3 is 2.44 bits per heavy atom. The molecular weight excluding hydrogens is 114 g/mol. The maximum Gasteiger partial charge on any atom is 0.136 e. The summed E-state index contributed by atoms with van der Waals surface area (Å²) in [7, 11) is 0. The molecule has 2 heteroatoms. The van der Waals surface area contributed by atoms with E-state index in [2.05, 4.69) is 19.2 Å². The molecule has 0 amide bonds. The van der Waals surface area contributed by atoms with Crippen molar-refractivity contribution in [2.45, 2.75) is 38.8 Å². The summed E-state index contributed by atoms with van der Waals surface area (Å²) in [6, 6.07) is 1.00. The Bertz CT molecular complexity index is 112. The van der Waals surface area contributed by atoms with E-state index in [4.69, 9.17) is 0 Å². The molecular formula is C7H13NO. The van der Waals surface area contributed by atoms with Crippen molar-refractivity contribution in [3.63, 3.8) is 0 Å². The first-order valence-corrected chi connectivity index (χ1v) is 3.46. The normalized spacial score (nSPS) is 20.6. The van der Waals surface area contributed by atoms with E-state index in [1.165, 1.54) is 0 Å². The SMILES string of the molecule is CC(C)NC1CC(=O)C1. The molecule has 1 fully saturated rings. The van der Waals surface area contributed by atoms with Crippen LogP contribution >= 0.6 is 0 Å². The van der Waals surface area contributed by atoms with Gasteiger partial charge in [-0.05, 0) is 0 Å². The predicted octanol–water partition coefficient (Wildman–Crippen LogP) is 0.716. The van der Waals surface area contributed by atoms with Gasteiger partial charge in [-0.25, -0.2) is 0 Å². The van der Waals surface area contributed by atoms with Crippen LogP contribution in [0.1, 0.15) is 26.7 Å². The van der Waals surface area contributed by atoms with Gasteiger partial charge in [-0.1, -0.05) is 13.8 Å². The highest BCUT2D eigenvalue weighted by Gasteiger charge is 2.25. The number of rotatable bonds is 2. The molecule has 0 spiro atoms. The van der Waals surface area contributed by atoms with Crippen molar-refractivity contribution in [3.05, 3.63) is 0 Å². The molecule has 0 heterocycles. The fourth-order valence-corrected chi connectivity index (χ4v) is 1.08. The van der Waals surface area contributed by atoms with Crippen LogP contribution in [-0.4, -0.2) is 17.9 Å². The average Bonchev–Trinajstić information content (AvgIpc) is 1.60. The second-order valence-electron chi connectivity index (χ2n) is 2.97. The summed E-state index contributed by atoms with van der Waals surface area (Å²) >= 11 is 0. The smallest absolute Gasteiger partial charge is 0.136 e. The standard InChI is InChI=1S/C7H13NO/c1-5(2)8-6-3-7(9)4-6/h5-6,8H,3-4H2,1-2H3. The van der Waals surface area contributed by atoms with E-state index in [0.717, 1.165) is 12.8 Å². The summed E-state index contributed by atoms with van der Waals surface area (Å²) in [5, 5.41) is 3.29. The van der Waals surface area contributed by atoms with Crippen LogP contribution in [0.25, 0.3) is 0 Å². The lowest BCUT2D eigenvalue weighted by atomic mass is 9.91. The first-order valence-electron chi connectivity index (χ1n) is 3.46. The van der Waals surface area contributed by atoms with Gasteiger partial charge in [-0.3, -0.25) is 4.79 Å². The number of nitrogens with one attached hydrogen (secondary N) is 1. The Morgan fingerprint density at radius 1 is 1.56 bits per heavy atom. The molecule has 52 valence electrons. The van der Waals surface area contributed by atoms with E-state index < -0.39 is 0 Å². The number of carbonyl (C=O) groups excluding carboxylic acids is 1. The van der Waals surface area contributed by atoms with E-state index in [1.807, 2.05) is 0 Å². The molecule has 0 saturated heterocycles. The summed E-state index contributed by atoms with van der Waals surface area (Å²) in [6.07, 6.45) is 1.50. The summed E-state index contributed by atoms with van der Waals surface area (Å²) in [6.45, 7) is 4.20. The highest BCUT2D eigenvalue weighted by molar-refractivity contribution is 5.85. The lowest BCUT2D eigenvalue weighted by Gasteiger charge is -2.27. The van der Waals surface area contributed by atoms with Crippen LogP contribution in [0.5, 0.6) is 0 Å². The Kier molecular flexibility index (Phi) is 1.86. The summed E-state index contributed by atoms with van der Waals surface area (Å²) < 4.78 is 0. The van der Waals surface area contributed by atoms with Crippen LogP contribution < -0.4 is 5.32 Å². The molecule has 0 bridgehead atoms. The molecule has 1 aliphatic carbocycles. The third kappa shape index (κ3) is 1.79. The number of carbonyl (C=O) groups is 1. The third-order valence-corrected chi connectivity index (χ3v) is 1.52. The largest absolute Gasteiger partial charge is 0.311 e. The van der Waals surface area contributed by atoms with Gasteiger partial charge >= 0.3 is 0 Å². The van der Waals surface area contributed by atoms with E-state index in [1.54, 1.807) is 0 Å². The highest BCUT2D eigenvalue weighted by Crippen LogP contribution is 2.14. The Balaban J connectivity index is 2.11. The number of ketones is 1. The van der Waals surface area contributed by atoms with Gasteiger partial charge in [0.25, 0.3) is 0 Å². The third-order valence-electron chi connectivity index (χ3n) is 1.52. The van der Waals surface area contributed by atoms with Crippen molar-refractivity contribution in [2.24, 2.45) is 0 Å². The second kappa shape index (κ2) is 2.48. The second-order valence-corrected chi connectivity index (χ2v) is 2.97. The van der Waals surface area contributed by atoms with E-state index in [9.17, 15) is 4.79 Å². The van der Waals surface area contributed by atoms with Crippen LogP contribution in [0.15, 0.2) is 0 Å². The minimum atomic E-state index is 0.396. The van der Waals surface area contributed by atoms with Crippen molar-refractivity contribution in [1.29, 1.82) is 0 Å². The van der Waals surface area contributed by atoms with Crippen molar-refractivity contribution < 1.29 is 4.79 Å². The lowest BCUT2D eigenvalue weighted by Crippen LogP contribution is -2.44. The molecule has 0 unspecified atom stereocenters. The van der Waals surface area contributed by atoms with Crippen LogP contribution in [0.2, 0.25) is 0 Å². The first-order chi connectivity index (χ1) is 4.18. The molecule has 0 aromatic heterocycles. The van der Waals surface area contributed by atoms with Gasteiger partial charge in [0.05, 0.1) is 0 Å². The number of hydrogen-bond acceptors (Lipinski definition) is 2. The minimum absolute atomic E-state index is 0.396. The van der Waals surface area contributed by atoms with Crippen molar-refractivity contribution in [1.82, 2.24) is 5.32 Å². The van der Waals surface area contributed by atoms with Gasteiger partial charge in [-0.2, -0.15) is 0 Å². The van der Waals surface area contributed by atoms with Crippen LogP contribution in [-0.2, 0) is 4.79 Å². The fourth-order valence-electron chi connectivity index (χ4n) is 1.08. The number of Topliss-reactive ketones (excluding diaryl/α,β-unsaturated/α-hetero) is 1. The van der Waals surface area contributed by atoms with Gasteiger partial charge in [0.15, 0.2) is 0 Å². The molecule has 1 N–H and O–H groups in total. The predicted molar refractivity (Wildman–Crippen MR) is 36.3 cm³/mol.